The second-order valence-electron chi connectivity index (χ2n) is 6.26. The van der Waals surface area contributed by atoms with Gasteiger partial charge in [0.1, 0.15) is 5.75 Å². The maximum Gasteiger partial charge on any atom is 0.255 e. The fourth-order valence-electron chi connectivity index (χ4n) is 2.94. The van der Waals surface area contributed by atoms with E-state index in [9.17, 15) is 9.90 Å². The van der Waals surface area contributed by atoms with Crippen LogP contribution < -0.4 is 4.90 Å². The van der Waals surface area contributed by atoms with E-state index < -0.39 is 0 Å². The Morgan fingerprint density at radius 1 is 1.33 bits per heavy atom. The number of aromatic nitrogens is 2. The lowest BCUT2D eigenvalue weighted by Crippen LogP contribution is -2.39. The first-order valence-electron chi connectivity index (χ1n) is 7.95. The molecule has 128 valence electrons. The first-order chi connectivity index (χ1) is 11.5. The number of carbonyl (C=O) groups excluding carboxylic acids is 1. The SMILES string of the molecule is CN(C)c1cnn(C2CCN(C(=O)c3cc(O)ccc3Cl)CC2)c1. The number of phenolic OH excluding ortho intramolecular Hbond substituents is 1. The van der Waals surface area contributed by atoms with E-state index >= 15 is 0 Å². The summed E-state index contributed by atoms with van der Waals surface area (Å²) >= 11 is 6.09. The molecule has 1 amide bonds. The summed E-state index contributed by atoms with van der Waals surface area (Å²) in [6.45, 7) is 1.29. The molecule has 0 spiro atoms. The number of nitrogens with zero attached hydrogens (tertiary/aromatic N) is 4. The number of likely N-dealkylation sites (tertiary alicyclic amines) is 1. The van der Waals surface area contributed by atoms with Gasteiger partial charge in [-0.3, -0.25) is 9.48 Å². The van der Waals surface area contributed by atoms with Gasteiger partial charge in [0, 0.05) is 33.4 Å². The molecule has 1 N–H and O–H groups in total. The second-order valence-corrected chi connectivity index (χ2v) is 6.67. The van der Waals surface area contributed by atoms with Gasteiger partial charge in [0.15, 0.2) is 0 Å². The standard InChI is InChI=1S/C17H21ClN4O2/c1-20(2)13-10-19-22(11-13)12-5-7-21(8-6-12)17(24)15-9-14(23)3-4-16(15)18/h3-4,9-12,23H,5-8H2,1-2H3. The zero-order valence-corrected chi connectivity index (χ0v) is 14.6. The van der Waals surface area contributed by atoms with Gasteiger partial charge in [-0.05, 0) is 31.0 Å². The summed E-state index contributed by atoms with van der Waals surface area (Å²) in [5.74, 6) is -0.0887. The van der Waals surface area contributed by atoms with Gasteiger partial charge < -0.3 is 14.9 Å². The van der Waals surface area contributed by atoms with E-state index in [4.69, 9.17) is 11.6 Å². The lowest BCUT2D eigenvalue weighted by atomic mass is 10.0. The molecule has 1 aromatic heterocycles. The number of carbonyl (C=O) groups is 1. The average molecular weight is 349 g/mol. The van der Waals surface area contributed by atoms with Crippen molar-refractivity contribution < 1.29 is 9.90 Å². The van der Waals surface area contributed by atoms with E-state index in [2.05, 4.69) is 5.10 Å². The Morgan fingerprint density at radius 2 is 2.04 bits per heavy atom. The Hall–Kier alpha value is -2.21. The monoisotopic (exact) mass is 348 g/mol. The van der Waals surface area contributed by atoms with Crippen molar-refractivity contribution in [2.24, 2.45) is 0 Å². The first kappa shape index (κ1) is 16.6. The Morgan fingerprint density at radius 3 is 2.67 bits per heavy atom. The van der Waals surface area contributed by atoms with Crippen LogP contribution in [-0.2, 0) is 0 Å². The van der Waals surface area contributed by atoms with Crippen molar-refractivity contribution in [3.05, 3.63) is 41.2 Å². The van der Waals surface area contributed by atoms with Crippen LogP contribution in [0.25, 0.3) is 0 Å². The minimum absolute atomic E-state index is 0.0467. The van der Waals surface area contributed by atoms with Gasteiger partial charge in [0.05, 0.1) is 28.5 Å². The topological polar surface area (TPSA) is 61.6 Å². The van der Waals surface area contributed by atoms with Gasteiger partial charge >= 0.3 is 0 Å². The molecular formula is C17H21ClN4O2. The predicted molar refractivity (Wildman–Crippen MR) is 93.8 cm³/mol. The molecule has 2 aromatic rings. The van der Waals surface area contributed by atoms with E-state index in [1.807, 2.05) is 36.1 Å². The Balaban J connectivity index is 1.66. The zero-order valence-electron chi connectivity index (χ0n) is 13.8. The largest absolute Gasteiger partial charge is 0.508 e. The highest BCUT2D eigenvalue weighted by molar-refractivity contribution is 6.33. The van der Waals surface area contributed by atoms with Crippen molar-refractivity contribution in [2.45, 2.75) is 18.9 Å². The van der Waals surface area contributed by atoms with Crippen LogP contribution in [0.4, 0.5) is 5.69 Å². The van der Waals surface area contributed by atoms with Crippen LogP contribution in [0, 0.1) is 0 Å². The minimum Gasteiger partial charge on any atom is -0.508 e. The van der Waals surface area contributed by atoms with Crippen LogP contribution in [0.3, 0.4) is 0 Å². The van der Waals surface area contributed by atoms with Crippen LogP contribution in [0.15, 0.2) is 30.6 Å². The van der Waals surface area contributed by atoms with Gasteiger partial charge in [-0.25, -0.2) is 0 Å². The molecule has 0 bridgehead atoms. The third-order valence-corrected chi connectivity index (χ3v) is 4.74. The first-order valence-corrected chi connectivity index (χ1v) is 8.33. The summed E-state index contributed by atoms with van der Waals surface area (Å²) in [5.41, 5.74) is 1.42. The summed E-state index contributed by atoms with van der Waals surface area (Å²) in [5, 5.41) is 14.4. The summed E-state index contributed by atoms with van der Waals surface area (Å²) < 4.78 is 1.98. The molecular weight excluding hydrogens is 328 g/mol. The number of anilines is 1. The number of rotatable bonds is 3. The van der Waals surface area contributed by atoms with Crippen LogP contribution in [0.2, 0.25) is 5.02 Å². The summed E-state index contributed by atoms with van der Waals surface area (Å²) in [6.07, 6.45) is 5.58. The third kappa shape index (κ3) is 3.33. The highest BCUT2D eigenvalue weighted by atomic mass is 35.5. The number of piperidine rings is 1. The van der Waals surface area contributed by atoms with Crippen LogP contribution >= 0.6 is 11.6 Å². The van der Waals surface area contributed by atoms with E-state index in [0.717, 1.165) is 18.5 Å². The van der Waals surface area contributed by atoms with E-state index in [1.54, 1.807) is 11.0 Å². The number of benzene rings is 1. The molecule has 1 aromatic carbocycles. The Bertz CT molecular complexity index is 736. The van der Waals surface area contributed by atoms with Crippen LogP contribution in [0.1, 0.15) is 29.2 Å². The maximum absolute atomic E-state index is 12.6. The number of halogens is 1. The number of aromatic hydroxyl groups is 1. The molecule has 7 heteroatoms. The lowest BCUT2D eigenvalue weighted by molar-refractivity contribution is 0.0689. The van der Waals surface area contributed by atoms with Gasteiger partial charge in [0.2, 0.25) is 0 Å². The van der Waals surface area contributed by atoms with Crippen molar-refractivity contribution >= 4 is 23.2 Å². The number of phenols is 1. The predicted octanol–water partition coefficient (Wildman–Crippen LogP) is 2.79. The molecule has 0 unspecified atom stereocenters. The van der Waals surface area contributed by atoms with Crippen molar-refractivity contribution in [3.8, 4) is 5.75 Å². The van der Waals surface area contributed by atoms with E-state index in [0.29, 0.717) is 29.7 Å². The quantitative estimate of drug-likeness (QED) is 0.926. The van der Waals surface area contributed by atoms with E-state index in [-0.39, 0.29) is 11.7 Å². The lowest BCUT2D eigenvalue weighted by Gasteiger charge is -2.32. The Labute approximate surface area is 146 Å². The van der Waals surface area contributed by atoms with Crippen molar-refractivity contribution in [3.63, 3.8) is 0 Å². The van der Waals surface area contributed by atoms with Gasteiger partial charge in [-0.2, -0.15) is 5.10 Å². The summed E-state index contributed by atoms with van der Waals surface area (Å²) in [4.78, 5) is 16.4. The second kappa shape index (κ2) is 6.73. The van der Waals surface area contributed by atoms with Crippen molar-refractivity contribution in [1.29, 1.82) is 0 Å². The smallest absolute Gasteiger partial charge is 0.255 e. The van der Waals surface area contributed by atoms with Gasteiger partial charge in [0.25, 0.3) is 5.91 Å². The summed E-state index contributed by atoms with van der Waals surface area (Å²) in [7, 11) is 3.98. The molecule has 1 aliphatic heterocycles. The number of hydrogen-bond acceptors (Lipinski definition) is 4. The van der Waals surface area contributed by atoms with Crippen LogP contribution in [0.5, 0.6) is 5.75 Å². The molecule has 0 radical (unpaired) electrons. The molecule has 24 heavy (non-hydrogen) atoms. The van der Waals surface area contributed by atoms with Crippen molar-refractivity contribution in [1.82, 2.24) is 14.7 Å². The molecule has 0 atom stereocenters. The fraction of sp³-hybridized carbons (Fsp3) is 0.412. The normalized spacial score (nSPS) is 15.5. The zero-order chi connectivity index (χ0) is 17.3. The molecule has 0 aliphatic carbocycles. The van der Waals surface area contributed by atoms with Gasteiger partial charge in [-0.1, -0.05) is 11.6 Å². The molecule has 2 heterocycles. The Kier molecular flexibility index (Phi) is 4.66. The molecule has 3 rings (SSSR count). The number of amides is 1. The molecule has 1 aliphatic rings. The fourth-order valence-corrected chi connectivity index (χ4v) is 3.14. The third-order valence-electron chi connectivity index (χ3n) is 4.41. The number of hydrogen-bond donors (Lipinski definition) is 1. The van der Waals surface area contributed by atoms with Crippen LogP contribution in [-0.4, -0.2) is 52.9 Å². The molecule has 6 nitrogen and oxygen atoms in total. The molecule has 1 saturated heterocycles. The average Bonchev–Trinajstić information content (AvgIpc) is 3.07. The highest BCUT2D eigenvalue weighted by Gasteiger charge is 2.26. The highest BCUT2D eigenvalue weighted by Crippen LogP contribution is 2.27. The van der Waals surface area contributed by atoms with Gasteiger partial charge in [-0.15, -0.1) is 0 Å². The maximum atomic E-state index is 12.6. The summed E-state index contributed by atoms with van der Waals surface area (Å²) in [6, 6.07) is 4.74. The van der Waals surface area contributed by atoms with E-state index in [1.165, 1.54) is 12.1 Å². The van der Waals surface area contributed by atoms with Crippen molar-refractivity contribution in [2.75, 3.05) is 32.1 Å². The molecule has 0 saturated carbocycles. The molecule has 1 fully saturated rings. The minimum atomic E-state index is -0.135.